The van der Waals surface area contributed by atoms with Gasteiger partial charge in [-0.15, -0.1) is 0 Å². The maximum absolute atomic E-state index is 5.84. The summed E-state index contributed by atoms with van der Waals surface area (Å²) in [6.45, 7) is 4.98. The molecule has 0 bridgehead atoms. The van der Waals surface area contributed by atoms with Gasteiger partial charge < -0.3 is 16.2 Å². The molecule has 23 heavy (non-hydrogen) atoms. The zero-order valence-electron chi connectivity index (χ0n) is 13.7. The van der Waals surface area contributed by atoms with Crippen molar-refractivity contribution in [1.29, 1.82) is 0 Å². The first-order valence-corrected chi connectivity index (χ1v) is 7.79. The Balaban J connectivity index is 1.61. The molecule has 0 amide bonds. The molecule has 1 aromatic rings. The third kappa shape index (κ3) is 5.14. The van der Waals surface area contributed by atoms with Crippen molar-refractivity contribution in [1.82, 2.24) is 5.06 Å². The van der Waals surface area contributed by atoms with Crippen LogP contribution in [0.3, 0.4) is 0 Å². The van der Waals surface area contributed by atoms with E-state index in [1.807, 2.05) is 44.2 Å². The third-order valence-corrected chi connectivity index (χ3v) is 3.34. The molecule has 0 spiro atoms. The Morgan fingerprint density at radius 1 is 1.04 bits per heavy atom. The van der Waals surface area contributed by atoms with Crippen molar-refractivity contribution in [3.63, 3.8) is 0 Å². The maximum Gasteiger partial charge on any atom is 0.226 e. The number of guanidine groups is 2. The van der Waals surface area contributed by atoms with E-state index in [2.05, 4.69) is 9.98 Å². The van der Waals surface area contributed by atoms with Gasteiger partial charge in [-0.25, -0.2) is 4.99 Å². The standard InChI is InChI=1S/C16H25N5O2/c1-16(2)20-14(17)19-15(18)21(16)23-12-8-4-7-11-22-13-9-5-3-6-10-13/h3,5-6,9-10H,4,7-8,11-12H2,1-2H3,(H4,17,18,19,20). The molecule has 0 unspecified atom stereocenters. The quantitative estimate of drug-likeness (QED) is 0.712. The lowest BCUT2D eigenvalue weighted by Crippen LogP contribution is -2.53. The van der Waals surface area contributed by atoms with E-state index in [4.69, 9.17) is 21.0 Å². The van der Waals surface area contributed by atoms with Crippen LogP contribution in [0.25, 0.3) is 0 Å². The Labute approximate surface area is 136 Å². The smallest absolute Gasteiger partial charge is 0.226 e. The molecule has 0 saturated heterocycles. The number of hydroxylamine groups is 2. The van der Waals surface area contributed by atoms with Crippen molar-refractivity contribution < 1.29 is 9.57 Å². The molecule has 7 nitrogen and oxygen atoms in total. The van der Waals surface area contributed by atoms with Crippen LogP contribution in [-0.4, -0.2) is 35.9 Å². The molecule has 1 aliphatic rings. The largest absolute Gasteiger partial charge is 0.494 e. The number of nitrogens with zero attached hydrogens (tertiary/aromatic N) is 3. The molecule has 7 heteroatoms. The fourth-order valence-electron chi connectivity index (χ4n) is 2.26. The van der Waals surface area contributed by atoms with Crippen molar-refractivity contribution in [3.8, 4) is 5.75 Å². The van der Waals surface area contributed by atoms with E-state index < -0.39 is 5.66 Å². The van der Waals surface area contributed by atoms with Gasteiger partial charge in [-0.2, -0.15) is 10.1 Å². The molecule has 0 fully saturated rings. The average molecular weight is 319 g/mol. The lowest BCUT2D eigenvalue weighted by molar-refractivity contribution is -0.157. The second-order valence-corrected chi connectivity index (χ2v) is 5.78. The van der Waals surface area contributed by atoms with Crippen molar-refractivity contribution in [2.45, 2.75) is 38.8 Å². The summed E-state index contributed by atoms with van der Waals surface area (Å²) in [6.07, 6.45) is 2.87. The zero-order chi connectivity index (χ0) is 16.7. The molecule has 4 N–H and O–H groups in total. The predicted molar refractivity (Wildman–Crippen MR) is 90.9 cm³/mol. The Morgan fingerprint density at radius 2 is 1.74 bits per heavy atom. The number of benzene rings is 1. The molecule has 0 aliphatic carbocycles. The summed E-state index contributed by atoms with van der Waals surface area (Å²) in [5.41, 5.74) is 10.8. The minimum absolute atomic E-state index is 0.172. The number of hydrogen-bond donors (Lipinski definition) is 2. The minimum atomic E-state index is -0.646. The summed E-state index contributed by atoms with van der Waals surface area (Å²) in [5, 5.41) is 1.50. The van der Waals surface area contributed by atoms with Crippen LogP contribution in [0.4, 0.5) is 0 Å². The number of aliphatic imine (C=N–C) groups is 2. The normalized spacial score (nSPS) is 16.7. The van der Waals surface area contributed by atoms with Gasteiger partial charge in [-0.1, -0.05) is 18.2 Å². The van der Waals surface area contributed by atoms with E-state index in [1.165, 1.54) is 5.06 Å². The van der Waals surface area contributed by atoms with Gasteiger partial charge in [0.2, 0.25) is 11.9 Å². The Bertz CT molecular complexity index is 557. The molecule has 126 valence electrons. The number of para-hydroxylation sites is 1. The molecule has 1 aliphatic heterocycles. The van der Waals surface area contributed by atoms with Crippen LogP contribution in [0.2, 0.25) is 0 Å². The molecule has 2 rings (SSSR count). The average Bonchev–Trinajstić information content (AvgIpc) is 2.48. The summed E-state index contributed by atoms with van der Waals surface area (Å²) in [5.74, 6) is 1.30. The Hall–Kier alpha value is -2.28. The highest BCUT2D eigenvalue weighted by Gasteiger charge is 2.32. The highest BCUT2D eigenvalue weighted by atomic mass is 16.7. The molecule has 0 saturated carbocycles. The molecule has 1 heterocycles. The molecule has 1 aromatic carbocycles. The Morgan fingerprint density at radius 3 is 2.43 bits per heavy atom. The first-order valence-electron chi connectivity index (χ1n) is 7.79. The van der Waals surface area contributed by atoms with Gasteiger partial charge in [-0.3, -0.25) is 4.84 Å². The van der Waals surface area contributed by atoms with E-state index in [0.29, 0.717) is 13.2 Å². The second kappa shape index (κ2) is 7.82. The summed E-state index contributed by atoms with van der Waals surface area (Å²) in [7, 11) is 0. The number of ether oxygens (including phenoxy) is 1. The maximum atomic E-state index is 5.84. The number of hydrogen-bond acceptors (Lipinski definition) is 7. The first-order chi connectivity index (χ1) is 11.0. The van der Waals surface area contributed by atoms with Crippen molar-refractivity contribution in [3.05, 3.63) is 30.3 Å². The first kappa shape index (κ1) is 17.1. The SMILES string of the molecule is CC1(C)N=C(N)N=C(N)N1OCCCCCOc1ccccc1. The van der Waals surface area contributed by atoms with Gasteiger partial charge >= 0.3 is 0 Å². The molecular weight excluding hydrogens is 294 g/mol. The van der Waals surface area contributed by atoms with Gasteiger partial charge in [0.25, 0.3) is 0 Å². The minimum Gasteiger partial charge on any atom is -0.494 e. The molecule has 0 radical (unpaired) electrons. The fraction of sp³-hybridized carbons (Fsp3) is 0.500. The number of unbranched alkanes of at least 4 members (excludes halogenated alkanes) is 2. The van der Waals surface area contributed by atoms with Gasteiger partial charge in [0.05, 0.1) is 13.2 Å². The van der Waals surface area contributed by atoms with Crippen LogP contribution in [0.15, 0.2) is 40.3 Å². The topological polar surface area (TPSA) is 98.5 Å². The highest BCUT2D eigenvalue weighted by molar-refractivity contribution is 5.95. The van der Waals surface area contributed by atoms with Crippen molar-refractivity contribution in [2.75, 3.05) is 13.2 Å². The molecule has 0 atom stereocenters. The second-order valence-electron chi connectivity index (χ2n) is 5.78. The highest BCUT2D eigenvalue weighted by Crippen LogP contribution is 2.20. The summed E-state index contributed by atoms with van der Waals surface area (Å²) in [6, 6.07) is 9.81. The van der Waals surface area contributed by atoms with Crippen LogP contribution < -0.4 is 16.2 Å². The van der Waals surface area contributed by atoms with Crippen LogP contribution in [0.1, 0.15) is 33.1 Å². The number of rotatable bonds is 8. The number of nitrogens with two attached hydrogens (primary N) is 2. The predicted octanol–water partition coefficient (Wildman–Crippen LogP) is 1.85. The fourth-order valence-corrected chi connectivity index (χ4v) is 2.26. The monoisotopic (exact) mass is 319 g/mol. The van der Waals surface area contributed by atoms with E-state index in [0.717, 1.165) is 25.0 Å². The Kier molecular flexibility index (Phi) is 5.81. The van der Waals surface area contributed by atoms with Crippen molar-refractivity contribution in [2.24, 2.45) is 21.5 Å². The lowest BCUT2D eigenvalue weighted by atomic mass is 10.2. The summed E-state index contributed by atoms with van der Waals surface area (Å²) in [4.78, 5) is 13.8. The van der Waals surface area contributed by atoms with E-state index in [9.17, 15) is 0 Å². The van der Waals surface area contributed by atoms with E-state index >= 15 is 0 Å². The molecule has 0 aromatic heterocycles. The van der Waals surface area contributed by atoms with Crippen LogP contribution in [0.5, 0.6) is 5.75 Å². The molecular formula is C16H25N5O2. The van der Waals surface area contributed by atoms with Crippen molar-refractivity contribution >= 4 is 11.9 Å². The third-order valence-electron chi connectivity index (χ3n) is 3.34. The van der Waals surface area contributed by atoms with Gasteiger partial charge in [-0.05, 0) is 45.2 Å². The van der Waals surface area contributed by atoms with Crippen LogP contribution in [-0.2, 0) is 4.84 Å². The van der Waals surface area contributed by atoms with Crippen LogP contribution in [0, 0.1) is 0 Å². The van der Waals surface area contributed by atoms with Gasteiger partial charge in [0, 0.05) is 0 Å². The van der Waals surface area contributed by atoms with E-state index in [-0.39, 0.29) is 11.9 Å². The van der Waals surface area contributed by atoms with Gasteiger partial charge in [0.1, 0.15) is 5.75 Å². The summed E-state index contributed by atoms with van der Waals surface area (Å²) < 4.78 is 5.64. The lowest BCUT2D eigenvalue weighted by Gasteiger charge is -2.36. The van der Waals surface area contributed by atoms with Crippen LogP contribution >= 0.6 is 0 Å². The zero-order valence-corrected chi connectivity index (χ0v) is 13.7. The van der Waals surface area contributed by atoms with E-state index in [1.54, 1.807) is 0 Å². The summed E-state index contributed by atoms with van der Waals surface area (Å²) >= 11 is 0. The van der Waals surface area contributed by atoms with Gasteiger partial charge in [0.15, 0.2) is 5.66 Å².